The molecule has 0 spiro atoms. The third-order valence-electron chi connectivity index (χ3n) is 19.2. The molecule has 96 heavy (non-hydrogen) atoms. The van der Waals surface area contributed by atoms with E-state index in [1.54, 1.807) is 0 Å². The molecule has 0 saturated heterocycles. The summed E-state index contributed by atoms with van der Waals surface area (Å²) < 4.78 is 0. The Balaban J connectivity index is 0.847. The quantitative estimate of drug-likeness (QED) is 0.178. The Morgan fingerprint density at radius 1 is 0.208 bits per heavy atom. The van der Waals surface area contributed by atoms with Crippen LogP contribution in [0.25, 0.3) is 88.6 Å². The second-order valence-corrected chi connectivity index (χ2v) is 29.0. The highest BCUT2D eigenvalue weighted by molar-refractivity contribution is 8.00. The number of para-hydroxylation sites is 8. The zero-order valence-corrected chi connectivity index (χ0v) is 54.3. The molecule has 0 unspecified atom stereocenters. The highest BCUT2D eigenvalue weighted by atomic mass is 32.2. The largest absolute Gasteiger partial charge is 0.354 e. The minimum absolute atomic E-state index is 0.862. The van der Waals surface area contributed by atoms with Gasteiger partial charge in [0.1, 0.15) is 0 Å². The summed E-state index contributed by atoms with van der Waals surface area (Å²) in [7, 11) is 0. The fourth-order valence-electron chi connectivity index (χ4n) is 14.9. The van der Waals surface area contributed by atoms with Crippen molar-refractivity contribution in [3.63, 3.8) is 0 Å². The summed E-state index contributed by atoms with van der Waals surface area (Å²) in [6.45, 7) is 0. The van der Waals surface area contributed by atoms with Gasteiger partial charge in [-0.05, 0) is 170 Å². The van der Waals surface area contributed by atoms with Crippen molar-refractivity contribution < 1.29 is 0 Å². The van der Waals surface area contributed by atoms with Crippen LogP contribution in [-0.2, 0) is 0 Å². The molecular formula is C84H50N8S4. The van der Waals surface area contributed by atoms with E-state index in [0.29, 0.717) is 0 Å². The number of benzene rings is 12. The first-order valence-corrected chi connectivity index (χ1v) is 35.4. The number of anilines is 12. The molecule has 6 aliphatic heterocycles. The number of hydrogen-bond donors (Lipinski definition) is 2. The Hall–Kier alpha value is -11.1. The van der Waals surface area contributed by atoms with Crippen LogP contribution in [0, 0.1) is 0 Å². The van der Waals surface area contributed by atoms with E-state index in [0.717, 1.165) is 157 Å². The van der Waals surface area contributed by atoms with Gasteiger partial charge >= 0.3 is 0 Å². The summed E-state index contributed by atoms with van der Waals surface area (Å²) in [6.07, 6.45) is 0. The number of fused-ring (bicyclic) bond motifs is 28. The molecule has 0 fully saturated rings. The molecule has 0 saturated carbocycles. The predicted octanol–water partition coefficient (Wildman–Crippen LogP) is 25.0. The van der Waals surface area contributed by atoms with Gasteiger partial charge in [0.05, 0.1) is 68.3 Å². The SMILES string of the molecule is c1ccc2c(c1)Sc1ccccc1N2c1ccc2c(c1)-c1cc3[nH]c(cc4nc(cc5[nH]c(cc-2n1)c1cc(N2c6ccccc6Sc6ccccc62)ccc51)-c1cc(N2c5ccccc5Sc5ccccc52)ccc1-4)c1cc(N2c4ccccc4Sc4ccccc42)ccc31. The van der Waals surface area contributed by atoms with E-state index in [-0.39, 0.29) is 0 Å². The van der Waals surface area contributed by atoms with Gasteiger partial charge in [0, 0.05) is 128 Å². The van der Waals surface area contributed by atoms with Crippen LogP contribution in [0.5, 0.6) is 0 Å². The minimum Gasteiger partial charge on any atom is -0.354 e. The van der Waals surface area contributed by atoms with Crippen LogP contribution < -0.4 is 19.6 Å². The molecule has 0 atom stereocenters. The monoisotopic (exact) mass is 1300 g/mol. The van der Waals surface area contributed by atoms with E-state index in [1.165, 1.54) is 39.2 Å². The second-order valence-electron chi connectivity index (χ2n) is 24.7. The van der Waals surface area contributed by atoms with Crippen molar-refractivity contribution in [2.75, 3.05) is 19.6 Å². The topological polar surface area (TPSA) is 70.3 Å². The van der Waals surface area contributed by atoms with E-state index < -0.39 is 0 Å². The Labute approximate surface area is 569 Å². The minimum atomic E-state index is 0.862. The van der Waals surface area contributed by atoms with Crippen LogP contribution in [0.3, 0.4) is 0 Å². The lowest BCUT2D eigenvalue weighted by atomic mass is 10.0. The average Bonchev–Trinajstić information content (AvgIpc) is 1.01. The summed E-state index contributed by atoms with van der Waals surface area (Å²) in [5.41, 5.74) is 24.9. The molecule has 9 heterocycles. The normalized spacial score (nSPS) is 13.6. The Kier molecular flexibility index (Phi) is 12.0. The molecule has 12 heteroatoms. The highest BCUT2D eigenvalue weighted by Gasteiger charge is 2.32. The fourth-order valence-corrected chi connectivity index (χ4v) is 19.1. The van der Waals surface area contributed by atoms with Crippen molar-refractivity contribution in [2.24, 2.45) is 0 Å². The van der Waals surface area contributed by atoms with Crippen LogP contribution in [0.4, 0.5) is 68.2 Å². The molecule has 8 nitrogen and oxygen atoms in total. The summed E-state index contributed by atoms with van der Waals surface area (Å²) >= 11 is 7.29. The number of rotatable bonds is 4. The van der Waals surface area contributed by atoms with Gasteiger partial charge < -0.3 is 29.6 Å². The van der Waals surface area contributed by atoms with Gasteiger partial charge in [0.25, 0.3) is 0 Å². The molecule has 2 N–H and O–H groups in total. The van der Waals surface area contributed by atoms with Gasteiger partial charge in [-0.15, -0.1) is 0 Å². The Morgan fingerprint density at radius 3 is 0.719 bits per heavy atom. The third kappa shape index (κ3) is 8.42. The van der Waals surface area contributed by atoms with E-state index in [4.69, 9.17) is 9.97 Å². The average molecular weight is 1300 g/mol. The third-order valence-corrected chi connectivity index (χ3v) is 23.7. The van der Waals surface area contributed by atoms with Gasteiger partial charge in [-0.25, -0.2) is 9.97 Å². The first-order valence-electron chi connectivity index (χ1n) is 32.1. The van der Waals surface area contributed by atoms with Crippen LogP contribution in [0.15, 0.2) is 330 Å². The molecule has 6 aliphatic rings. The Bertz CT molecular complexity index is 5520. The molecule has 450 valence electrons. The lowest BCUT2D eigenvalue weighted by molar-refractivity contribution is 1.17. The van der Waals surface area contributed by atoms with Crippen LogP contribution in [0.1, 0.15) is 0 Å². The molecule has 0 amide bonds. The number of aromatic nitrogens is 4. The Morgan fingerprint density at radius 2 is 0.438 bits per heavy atom. The van der Waals surface area contributed by atoms with Crippen molar-refractivity contribution >= 4 is 159 Å². The van der Waals surface area contributed by atoms with Gasteiger partial charge in [-0.3, -0.25) is 0 Å². The predicted molar refractivity (Wildman–Crippen MR) is 400 cm³/mol. The van der Waals surface area contributed by atoms with Crippen molar-refractivity contribution in [1.82, 2.24) is 19.9 Å². The number of nitrogens with zero attached hydrogens (tertiary/aromatic N) is 6. The van der Waals surface area contributed by atoms with Gasteiger partial charge in [0.2, 0.25) is 0 Å². The van der Waals surface area contributed by atoms with Crippen molar-refractivity contribution in [1.29, 1.82) is 0 Å². The molecule has 21 rings (SSSR count). The zero-order chi connectivity index (χ0) is 62.7. The van der Waals surface area contributed by atoms with Crippen LogP contribution in [0.2, 0.25) is 0 Å². The summed E-state index contributed by atoms with van der Waals surface area (Å²) in [4.78, 5) is 39.1. The van der Waals surface area contributed by atoms with E-state index in [2.05, 4.69) is 321 Å². The molecule has 3 aromatic heterocycles. The van der Waals surface area contributed by atoms with E-state index in [1.807, 2.05) is 47.0 Å². The standard InChI is InChI=1S/C84H50N8S4/c1-9-25-77-69(17-1)89(70-18-2-10-26-78(70)93-77)49-33-37-53-57(41-49)65-45-62-54-38-34-50(90-71-19-3-11-27-79(71)94-80-28-12-4-20-72(80)90)42-58(54)67(86-62)47-64-56-40-36-52(92-75-23-7-15-31-83(75)96-84-32-16-8-24-76(84)92)44-60(56)68(88-64)48-63-55-39-35-51(43-59(55)66(87-63)46-61(53)85-65)91-73-21-5-13-29-81(73)95-82-30-14-6-22-74(82)91/h1-48,85,88H. The number of H-pyrrole nitrogens is 2. The highest BCUT2D eigenvalue weighted by Crippen LogP contribution is 2.57. The van der Waals surface area contributed by atoms with Gasteiger partial charge in [0.15, 0.2) is 0 Å². The van der Waals surface area contributed by atoms with E-state index in [9.17, 15) is 0 Å². The second kappa shape index (κ2) is 21.2. The lowest BCUT2D eigenvalue weighted by Crippen LogP contribution is -2.14. The fraction of sp³-hybridized carbons (Fsp3) is 0. The first-order chi connectivity index (χ1) is 47.5. The number of aromatic amines is 2. The summed E-state index contributed by atoms with van der Waals surface area (Å²) in [5.74, 6) is 0. The molecular weight excluding hydrogens is 1250 g/mol. The summed E-state index contributed by atoms with van der Waals surface area (Å²) in [6, 6.07) is 107. The molecule has 0 aliphatic carbocycles. The first kappa shape index (κ1) is 54.3. The van der Waals surface area contributed by atoms with Crippen molar-refractivity contribution in [3.05, 3.63) is 291 Å². The molecule has 0 radical (unpaired) electrons. The van der Waals surface area contributed by atoms with Crippen molar-refractivity contribution in [3.8, 4) is 45.0 Å². The smallest absolute Gasteiger partial charge is 0.0738 e. The maximum absolute atomic E-state index is 5.79. The summed E-state index contributed by atoms with van der Waals surface area (Å²) in [5, 5.41) is 4.30. The maximum atomic E-state index is 5.79. The lowest BCUT2D eigenvalue weighted by Gasteiger charge is -2.33. The van der Waals surface area contributed by atoms with Crippen LogP contribution >= 0.6 is 47.0 Å². The molecule has 15 aromatic rings. The number of nitrogens with one attached hydrogen (secondary N) is 2. The molecule has 12 aromatic carbocycles. The van der Waals surface area contributed by atoms with Crippen molar-refractivity contribution in [2.45, 2.75) is 39.2 Å². The van der Waals surface area contributed by atoms with Gasteiger partial charge in [-0.2, -0.15) is 0 Å². The number of hydrogen-bond acceptors (Lipinski definition) is 10. The molecule has 8 bridgehead atoms. The zero-order valence-electron chi connectivity index (χ0n) is 51.0. The van der Waals surface area contributed by atoms with Crippen LogP contribution in [-0.4, -0.2) is 19.9 Å². The van der Waals surface area contributed by atoms with E-state index >= 15 is 0 Å². The van der Waals surface area contributed by atoms with Gasteiger partial charge in [-0.1, -0.05) is 168 Å². The maximum Gasteiger partial charge on any atom is 0.0738 e.